The van der Waals surface area contributed by atoms with Crippen LogP contribution in [0.5, 0.6) is 5.75 Å². The van der Waals surface area contributed by atoms with Crippen LogP contribution in [0.2, 0.25) is 5.02 Å². The number of carbonyl (C=O) groups is 1. The fourth-order valence-electron chi connectivity index (χ4n) is 2.09. The van der Waals surface area contributed by atoms with E-state index in [0.717, 1.165) is 12.1 Å². The van der Waals surface area contributed by atoms with E-state index in [1.54, 1.807) is 24.3 Å². The first-order valence-electron chi connectivity index (χ1n) is 7.40. The summed E-state index contributed by atoms with van der Waals surface area (Å²) in [5.74, 6) is 0.419. The van der Waals surface area contributed by atoms with Crippen molar-refractivity contribution in [3.05, 3.63) is 64.7 Å². The van der Waals surface area contributed by atoms with Gasteiger partial charge in [-0.3, -0.25) is 4.79 Å². The molecule has 5 heteroatoms. The van der Waals surface area contributed by atoms with Crippen LogP contribution in [0.15, 0.2) is 48.5 Å². The van der Waals surface area contributed by atoms with E-state index in [4.69, 9.17) is 16.3 Å². The predicted molar refractivity (Wildman–Crippen MR) is 92.6 cm³/mol. The van der Waals surface area contributed by atoms with E-state index < -0.39 is 0 Å². The van der Waals surface area contributed by atoms with Crippen LogP contribution in [-0.4, -0.2) is 31.5 Å². The van der Waals surface area contributed by atoms with Crippen molar-refractivity contribution >= 4 is 17.5 Å². The van der Waals surface area contributed by atoms with E-state index in [-0.39, 0.29) is 12.5 Å². The maximum absolute atomic E-state index is 11.8. The summed E-state index contributed by atoms with van der Waals surface area (Å²) in [7, 11) is 4.07. The summed E-state index contributed by atoms with van der Waals surface area (Å²) < 4.78 is 5.40. The fourth-order valence-corrected chi connectivity index (χ4v) is 2.27. The van der Waals surface area contributed by atoms with E-state index in [2.05, 4.69) is 22.3 Å². The molecule has 122 valence electrons. The van der Waals surface area contributed by atoms with Crippen LogP contribution in [0.4, 0.5) is 0 Å². The average molecular weight is 333 g/mol. The van der Waals surface area contributed by atoms with Crippen molar-refractivity contribution in [3.8, 4) is 5.75 Å². The Morgan fingerprint density at radius 2 is 1.83 bits per heavy atom. The van der Waals surface area contributed by atoms with Crippen LogP contribution < -0.4 is 10.1 Å². The standard InChI is InChI=1S/C18H21ClN2O2/c1-21(2)12-15-8-6-14(7-9-15)11-20-18(22)13-23-17-5-3-4-16(19)10-17/h3-10H,11-13H2,1-2H3,(H,20,22). The minimum atomic E-state index is -0.164. The lowest BCUT2D eigenvalue weighted by molar-refractivity contribution is -0.123. The molecule has 0 saturated heterocycles. The van der Waals surface area contributed by atoms with E-state index in [1.165, 1.54) is 5.56 Å². The number of nitrogens with one attached hydrogen (secondary N) is 1. The number of halogens is 1. The summed E-state index contributed by atoms with van der Waals surface area (Å²) in [6.07, 6.45) is 0. The second kappa shape index (κ2) is 8.56. The van der Waals surface area contributed by atoms with Gasteiger partial charge < -0.3 is 15.0 Å². The Balaban J connectivity index is 1.75. The van der Waals surface area contributed by atoms with Gasteiger partial charge in [-0.15, -0.1) is 0 Å². The van der Waals surface area contributed by atoms with Crippen molar-refractivity contribution in [1.82, 2.24) is 10.2 Å². The molecule has 0 aromatic heterocycles. The van der Waals surface area contributed by atoms with Gasteiger partial charge in [0, 0.05) is 18.1 Å². The van der Waals surface area contributed by atoms with Crippen molar-refractivity contribution in [2.24, 2.45) is 0 Å². The minimum absolute atomic E-state index is 0.0287. The maximum atomic E-state index is 11.8. The molecule has 0 atom stereocenters. The molecule has 0 bridgehead atoms. The molecule has 2 rings (SSSR count). The van der Waals surface area contributed by atoms with Gasteiger partial charge in [0.25, 0.3) is 5.91 Å². The Bertz CT molecular complexity index is 642. The van der Waals surface area contributed by atoms with Crippen molar-refractivity contribution in [2.75, 3.05) is 20.7 Å². The zero-order valence-corrected chi connectivity index (χ0v) is 14.1. The number of hydrogen-bond acceptors (Lipinski definition) is 3. The number of ether oxygens (including phenoxy) is 1. The molecule has 4 nitrogen and oxygen atoms in total. The predicted octanol–water partition coefficient (Wildman–Crippen LogP) is 3.10. The molecule has 0 heterocycles. The SMILES string of the molecule is CN(C)Cc1ccc(CNC(=O)COc2cccc(Cl)c2)cc1. The van der Waals surface area contributed by atoms with Gasteiger partial charge in [0.05, 0.1) is 0 Å². The molecular weight excluding hydrogens is 312 g/mol. The largest absolute Gasteiger partial charge is 0.484 e. The molecular formula is C18H21ClN2O2. The normalized spacial score (nSPS) is 10.6. The number of hydrogen-bond donors (Lipinski definition) is 1. The van der Waals surface area contributed by atoms with Crippen molar-refractivity contribution in [1.29, 1.82) is 0 Å². The number of rotatable bonds is 7. The number of nitrogens with zero attached hydrogens (tertiary/aromatic N) is 1. The highest BCUT2D eigenvalue weighted by Crippen LogP contribution is 2.16. The molecule has 0 saturated carbocycles. The second-order valence-corrected chi connectivity index (χ2v) is 6.01. The Labute approximate surface area is 142 Å². The molecule has 0 aliphatic rings. The monoisotopic (exact) mass is 332 g/mol. The molecule has 0 aliphatic heterocycles. The molecule has 0 radical (unpaired) electrons. The van der Waals surface area contributed by atoms with Gasteiger partial charge in [-0.2, -0.15) is 0 Å². The number of carbonyl (C=O) groups excluding carboxylic acids is 1. The molecule has 0 spiro atoms. The first kappa shape index (κ1) is 17.3. The van der Waals surface area contributed by atoms with Crippen LogP contribution in [0.3, 0.4) is 0 Å². The summed E-state index contributed by atoms with van der Waals surface area (Å²) in [5, 5.41) is 3.42. The molecule has 2 aromatic rings. The molecule has 0 fully saturated rings. The summed E-state index contributed by atoms with van der Waals surface area (Å²) in [6, 6.07) is 15.2. The van der Waals surface area contributed by atoms with Gasteiger partial charge in [0.2, 0.25) is 0 Å². The van der Waals surface area contributed by atoms with E-state index in [0.29, 0.717) is 17.3 Å². The van der Waals surface area contributed by atoms with Gasteiger partial charge >= 0.3 is 0 Å². The van der Waals surface area contributed by atoms with Gasteiger partial charge in [-0.1, -0.05) is 41.9 Å². The molecule has 23 heavy (non-hydrogen) atoms. The minimum Gasteiger partial charge on any atom is -0.484 e. The average Bonchev–Trinajstić information content (AvgIpc) is 2.52. The fraction of sp³-hybridized carbons (Fsp3) is 0.278. The third-order valence-corrected chi connectivity index (χ3v) is 3.41. The molecule has 0 aliphatic carbocycles. The van der Waals surface area contributed by atoms with E-state index in [9.17, 15) is 4.79 Å². The van der Waals surface area contributed by atoms with E-state index in [1.807, 2.05) is 26.2 Å². The summed E-state index contributed by atoms with van der Waals surface area (Å²) in [6.45, 7) is 1.36. The second-order valence-electron chi connectivity index (χ2n) is 5.58. The first-order chi connectivity index (χ1) is 11.0. The smallest absolute Gasteiger partial charge is 0.258 e. The zero-order chi connectivity index (χ0) is 16.7. The zero-order valence-electron chi connectivity index (χ0n) is 13.4. The highest BCUT2D eigenvalue weighted by molar-refractivity contribution is 6.30. The molecule has 1 N–H and O–H groups in total. The lowest BCUT2D eigenvalue weighted by atomic mass is 10.1. The van der Waals surface area contributed by atoms with Gasteiger partial charge in [0.1, 0.15) is 5.75 Å². The Hall–Kier alpha value is -2.04. The maximum Gasteiger partial charge on any atom is 0.258 e. The third-order valence-electron chi connectivity index (χ3n) is 3.18. The van der Waals surface area contributed by atoms with Crippen LogP contribution in [-0.2, 0) is 17.9 Å². The van der Waals surface area contributed by atoms with E-state index >= 15 is 0 Å². The Kier molecular flexibility index (Phi) is 6.44. The van der Waals surface area contributed by atoms with Crippen LogP contribution in [0, 0.1) is 0 Å². The first-order valence-corrected chi connectivity index (χ1v) is 7.78. The van der Waals surface area contributed by atoms with Gasteiger partial charge in [0.15, 0.2) is 6.61 Å². The van der Waals surface area contributed by atoms with Crippen molar-refractivity contribution in [3.63, 3.8) is 0 Å². The van der Waals surface area contributed by atoms with Crippen molar-refractivity contribution < 1.29 is 9.53 Å². The highest BCUT2D eigenvalue weighted by Gasteiger charge is 2.04. The Morgan fingerprint density at radius 1 is 1.13 bits per heavy atom. The highest BCUT2D eigenvalue weighted by atomic mass is 35.5. The van der Waals surface area contributed by atoms with Gasteiger partial charge in [-0.25, -0.2) is 0 Å². The third kappa shape index (κ3) is 6.30. The van der Waals surface area contributed by atoms with Crippen molar-refractivity contribution in [2.45, 2.75) is 13.1 Å². The summed E-state index contributed by atoms with van der Waals surface area (Å²) in [5.41, 5.74) is 2.30. The Morgan fingerprint density at radius 3 is 2.48 bits per heavy atom. The summed E-state index contributed by atoms with van der Waals surface area (Å²) in [4.78, 5) is 13.9. The topological polar surface area (TPSA) is 41.6 Å². The molecule has 2 aromatic carbocycles. The lowest BCUT2D eigenvalue weighted by Crippen LogP contribution is -2.28. The molecule has 0 unspecified atom stereocenters. The summed E-state index contributed by atoms with van der Waals surface area (Å²) >= 11 is 5.86. The van der Waals surface area contributed by atoms with Gasteiger partial charge in [-0.05, 0) is 43.4 Å². The van der Waals surface area contributed by atoms with Crippen LogP contribution in [0.25, 0.3) is 0 Å². The lowest BCUT2D eigenvalue weighted by Gasteiger charge is -2.11. The number of benzene rings is 2. The number of amides is 1. The van der Waals surface area contributed by atoms with Crippen LogP contribution in [0.1, 0.15) is 11.1 Å². The molecule has 1 amide bonds. The van der Waals surface area contributed by atoms with Crippen LogP contribution >= 0.6 is 11.6 Å². The quantitative estimate of drug-likeness (QED) is 0.847.